The molecule has 1 fully saturated rings. The van der Waals surface area contributed by atoms with Crippen LogP contribution in [0.1, 0.15) is 24.8 Å². The molecule has 0 bridgehead atoms. The van der Waals surface area contributed by atoms with Crippen molar-refractivity contribution >= 4 is 43.2 Å². The second-order valence-corrected chi connectivity index (χ2v) is 8.98. The molecule has 2 N–H and O–H groups in total. The monoisotopic (exact) mass is 409 g/mol. The smallest absolute Gasteiger partial charge is 0.0843 e. The number of hydrogen-bond acceptors (Lipinski definition) is 4. The van der Waals surface area contributed by atoms with Gasteiger partial charge in [-0.3, -0.25) is 9.80 Å². The molecular weight excluding hydrogens is 390 g/mol. The fourth-order valence-electron chi connectivity index (χ4n) is 2.52. The van der Waals surface area contributed by atoms with Crippen LogP contribution in [0.4, 0.5) is 0 Å². The largest absolute Gasteiger partial charge is 0.329 e. The third-order valence-electron chi connectivity index (χ3n) is 4.00. The molecule has 1 atom stereocenters. The van der Waals surface area contributed by atoms with E-state index in [0.717, 1.165) is 27.9 Å². The van der Waals surface area contributed by atoms with E-state index in [-0.39, 0.29) is 5.54 Å². The molecule has 0 amide bonds. The molecule has 1 aromatic heterocycles. The normalized spacial score (nSPS) is 22.6. The van der Waals surface area contributed by atoms with Gasteiger partial charge in [0.05, 0.1) is 9.83 Å². The number of hydrogen-bond donors (Lipinski definition) is 1. The first-order valence-corrected chi connectivity index (χ1v) is 8.85. The summed E-state index contributed by atoms with van der Waals surface area (Å²) >= 11 is 8.92. The molecule has 1 aliphatic heterocycles. The van der Waals surface area contributed by atoms with E-state index in [1.807, 2.05) is 0 Å². The Morgan fingerprint density at radius 1 is 1.42 bits per heavy atom. The highest BCUT2D eigenvalue weighted by molar-refractivity contribution is 9.13. The molecule has 3 nitrogen and oxygen atoms in total. The van der Waals surface area contributed by atoms with Gasteiger partial charge in [-0.05, 0) is 58.8 Å². The molecule has 0 aromatic carbocycles. The predicted octanol–water partition coefficient (Wildman–Crippen LogP) is 3.30. The Morgan fingerprint density at radius 2 is 2.11 bits per heavy atom. The summed E-state index contributed by atoms with van der Waals surface area (Å²) in [6, 6.07) is 2.51. The molecule has 6 heteroatoms. The van der Waals surface area contributed by atoms with Gasteiger partial charge < -0.3 is 5.73 Å². The maximum Gasteiger partial charge on any atom is 0.0843 e. The summed E-state index contributed by atoms with van der Waals surface area (Å²) in [5.74, 6) is 0. The van der Waals surface area contributed by atoms with Crippen LogP contribution < -0.4 is 5.73 Å². The van der Waals surface area contributed by atoms with Crippen molar-refractivity contribution in [1.29, 1.82) is 0 Å². The van der Waals surface area contributed by atoms with E-state index < -0.39 is 0 Å². The summed E-state index contributed by atoms with van der Waals surface area (Å²) in [6.45, 7) is 8.49. The maximum atomic E-state index is 6.04. The second kappa shape index (κ2) is 6.12. The zero-order valence-electron chi connectivity index (χ0n) is 11.6. The Balaban J connectivity index is 2.18. The lowest BCUT2D eigenvalue weighted by atomic mass is 9.98. The molecule has 0 spiro atoms. The quantitative estimate of drug-likeness (QED) is 0.829. The number of rotatable bonds is 3. The van der Waals surface area contributed by atoms with Crippen LogP contribution in [0.2, 0.25) is 0 Å². The van der Waals surface area contributed by atoms with Crippen molar-refractivity contribution in [1.82, 2.24) is 9.80 Å². The lowest BCUT2D eigenvalue weighted by Gasteiger charge is -2.47. The average molecular weight is 411 g/mol. The van der Waals surface area contributed by atoms with Crippen LogP contribution >= 0.6 is 43.2 Å². The molecule has 2 rings (SSSR count). The van der Waals surface area contributed by atoms with Crippen LogP contribution in [0.25, 0.3) is 0 Å². The highest BCUT2D eigenvalue weighted by Crippen LogP contribution is 2.38. The van der Waals surface area contributed by atoms with E-state index in [9.17, 15) is 0 Å². The van der Waals surface area contributed by atoms with E-state index >= 15 is 0 Å². The van der Waals surface area contributed by atoms with Crippen molar-refractivity contribution in [3.63, 3.8) is 0 Å². The predicted molar refractivity (Wildman–Crippen MR) is 89.8 cm³/mol. The van der Waals surface area contributed by atoms with Gasteiger partial charge in [0.25, 0.3) is 0 Å². The minimum Gasteiger partial charge on any atom is -0.329 e. The Kier molecular flexibility index (Phi) is 5.12. The number of halogens is 2. The Labute approximate surface area is 136 Å². The van der Waals surface area contributed by atoms with Gasteiger partial charge in [-0.1, -0.05) is 0 Å². The van der Waals surface area contributed by atoms with E-state index in [1.54, 1.807) is 11.3 Å². The van der Waals surface area contributed by atoms with Crippen molar-refractivity contribution in [2.24, 2.45) is 5.73 Å². The Morgan fingerprint density at radius 3 is 2.58 bits per heavy atom. The molecule has 1 aliphatic rings. The number of likely N-dealkylation sites (N-methyl/N-ethyl adjacent to an activating group) is 1. The Bertz CT molecular complexity index is 428. The molecule has 0 saturated carbocycles. The lowest BCUT2D eigenvalue weighted by Crippen LogP contribution is -2.58. The van der Waals surface area contributed by atoms with E-state index in [0.29, 0.717) is 12.6 Å². The van der Waals surface area contributed by atoms with E-state index in [4.69, 9.17) is 5.73 Å². The highest BCUT2D eigenvalue weighted by atomic mass is 79.9. The first kappa shape index (κ1) is 15.9. The fraction of sp³-hybridized carbons (Fsp3) is 0.692. The maximum absolute atomic E-state index is 6.04. The van der Waals surface area contributed by atoms with Gasteiger partial charge >= 0.3 is 0 Å². The zero-order chi connectivity index (χ0) is 14.2. The van der Waals surface area contributed by atoms with Gasteiger partial charge in [0.1, 0.15) is 0 Å². The van der Waals surface area contributed by atoms with Crippen molar-refractivity contribution in [3.05, 3.63) is 19.2 Å². The molecule has 1 unspecified atom stereocenters. The molecular formula is C13H21Br2N3S. The molecule has 1 saturated heterocycles. The molecule has 2 heterocycles. The standard InChI is InChI=1S/C13H21Br2N3S/c1-13(2)8-18(5-4-17(13)3)10(7-16)11-6-9(14)12(15)19-11/h6,10H,4-5,7-8,16H2,1-3H3. The number of thiophene rings is 1. The van der Waals surface area contributed by atoms with Gasteiger partial charge in [0, 0.05) is 41.1 Å². The number of piperazine rings is 1. The van der Waals surface area contributed by atoms with Crippen molar-refractivity contribution in [3.8, 4) is 0 Å². The van der Waals surface area contributed by atoms with E-state index in [1.165, 1.54) is 4.88 Å². The minimum absolute atomic E-state index is 0.206. The summed E-state index contributed by atoms with van der Waals surface area (Å²) in [5, 5.41) is 0. The summed E-state index contributed by atoms with van der Waals surface area (Å²) in [5.41, 5.74) is 6.24. The molecule has 0 aliphatic carbocycles. The number of nitrogens with zero attached hydrogens (tertiary/aromatic N) is 2. The molecule has 1 aromatic rings. The minimum atomic E-state index is 0.206. The summed E-state index contributed by atoms with van der Waals surface area (Å²) < 4.78 is 2.27. The highest BCUT2D eigenvalue weighted by Gasteiger charge is 2.34. The van der Waals surface area contributed by atoms with Gasteiger partial charge in [0.15, 0.2) is 0 Å². The SMILES string of the molecule is CN1CCN(C(CN)c2cc(Br)c(Br)s2)CC1(C)C. The van der Waals surface area contributed by atoms with Crippen LogP contribution in [0.15, 0.2) is 14.3 Å². The molecule has 108 valence electrons. The van der Waals surface area contributed by atoms with Gasteiger partial charge in [0.2, 0.25) is 0 Å². The molecule has 19 heavy (non-hydrogen) atoms. The first-order valence-electron chi connectivity index (χ1n) is 6.45. The van der Waals surface area contributed by atoms with Gasteiger partial charge in [-0.25, -0.2) is 0 Å². The lowest BCUT2D eigenvalue weighted by molar-refractivity contribution is 0.0188. The summed E-state index contributed by atoms with van der Waals surface area (Å²) in [4.78, 5) is 6.28. The van der Waals surface area contributed by atoms with Gasteiger partial charge in [-0.15, -0.1) is 11.3 Å². The third-order valence-corrected chi connectivity index (χ3v) is 7.36. The molecule has 0 radical (unpaired) electrons. The average Bonchev–Trinajstić information content (AvgIpc) is 2.64. The van der Waals surface area contributed by atoms with Crippen LogP contribution in [-0.2, 0) is 0 Å². The third kappa shape index (κ3) is 3.41. The van der Waals surface area contributed by atoms with E-state index in [2.05, 4.69) is 68.6 Å². The Hall–Kier alpha value is 0.540. The van der Waals surface area contributed by atoms with Gasteiger partial charge in [-0.2, -0.15) is 0 Å². The van der Waals surface area contributed by atoms with Crippen molar-refractivity contribution < 1.29 is 0 Å². The topological polar surface area (TPSA) is 32.5 Å². The summed E-state index contributed by atoms with van der Waals surface area (Å²) in [7, 11) is 2.20. The number of nitrogens with two attached hydrogens (primary N) is 1. The first-order chi connectivity index (χ1) is 8.85. The van der Waals surface area contributed by atoms with Crippen LogP contribution in [0.3, 0.4) is 0 Å². The van der Waals surface area contributed by atoms with Crippen LogP contribution in [0.5, 0.6) is 0 Å². The second-order valence-electron chi connectivity index (χ2n) is 5.73. The summed E-state index contributed by atoms with van der Waals surface area (Å²) in [6.07, 6.45) is 0. The van der Waals surface area contributed by atoms with Crippen LogP contribution in [0, 0.1) is 0 Å². The fourth-order valence-corrected chi connectivity index (χ4v) is 4.75. The van der Waals surface area contributed by atoms with Crippen LogP contribution in [-0.4, -0.2) is 48.6 Å². The van der Waals surface area contributed by atoms with Crippen molar-refractivity contribution in [2.75, 3.05) is 33.2 Å². The zero-order valence-corrected chi connectivity index (χ0v) is 15.6. The van der Waals surface area contributed by atoms with Crippen molar-refractivity contribution in [2.45, 2.75) is 25.4 Å².